The minimum Gasteiger partial charge on any atom is -0.238 e. The number of unbranched alkanes of at least 4 members (excludes halogenated alkanes) is 1. The van der Waals surface area contributed by atoms with Gasteiger partial charge in [-0.25, -0.2) is 5.32 Å². The first-order valence-electron chi connectivity index (χ1n) is 3.16. The number of hydrogen-bond acceptors (Lipinski definition) is 0. The minimum absolute atomic E-state index is 0.819. The molecule has 0 unspecified atom stereocenters. The van der Waals surface area contributed by atoms with Crippen molar-refractivity contribution in [1.82, 2.24) is 5.32 Å². The molecule has 0 aromatic rings. The van der Waals surface area contributed by atoms with E-state index in [1.807, 2.05) is 6.08 Å². The van der Waals surface area contributed by atoms with Crippen molar-refractivity contribution in [2.45, 2.75) is 19.8 Å². The highest BCUT2D eigenvalue weighted by molar-refractivity contribution is 4.68. The summed E-state index contributed by atoms with van der Waals surface area (Å²) in [6.45, 7) is 7.56. The van der Waals surface area contributed by atoms with Gasteiger partial charge in [-0.3, -0.25) is 0 Å². The first-order valence-corrected chi connectivity index (χ1v) is 3.16. The quantitative estimate of drug-likeness (QED) is 0.378. The highest BCUT2D eigenvalue weighted by atomic mass is 14.8. The van der Waals surface area contributed by atoms with E-state index < -0.39 is 0 Å². The summed E-state index contributed by atoms with van der Waals surface area (Å²) in [5.74, 6) is 0. The maximum Gasteiger partial charge on any atom is 0.0311 e. The van der Waals surface area contributed by atoms with Crippen LogP contribution in [0.2, 0.25) is 0 Å². The Morgan fingerprint density at radius 1 is 1.62 bits per heavy atom. The second-order valence-electron chi connectivity index (χ2n) is 1.77. The van der Waals surface area contributed by atoms with E-state index in [1.54, 1.807) is 0 Å². The van der Waals surface area contributed by atoms with Crippen molar-refractivity contribution in [3.63, 3.8) is 0 Å². The van der Waals surface area contributed by atoms with Crippen molar-refractivity contribution in [3.05, 3.63) is 12.7 Å². The molecule has 0 saturated carbocycles. The van der Waals surface area contributed by atoms with Crippen LogP contribution in [0.25, 0.3) is 0 Å². The molecular weight excluding hydrogens is 98.1 g/mol. The molecule has 0 aliphatic rings. The molecule has 0 aromatic heterocycles. The normalized spacial score (nSPS) is 9.12. The zero-order chi connectivity index (χ0) is 6.24. The van der Waals surface area contributed by atoms with E-state index in [2.05, 4.69) is 18.8 Å². The third kappa shape index (κ3) is 5.70. The molecule has 1 radical (unpaired) electrons. The Morgan fingerprint density at radius 3 is 2.88 bits per heavy atom. The number of nitrogens with zero attached hydrogens (tertiary/aromatic N) is 1. The molecule has 0 aliphatic heterocycles. The van der Waals surface area contributed by atoms with Crippen LogP contribution in [0.1, 0.15) is 19.8 Å². The largest absolute Gasteiger partial charge is 0.238 e. The second kappa shape index (κ2) is 6.70. The van der Waals surface area contributed by atoms with Crippen LogP contribution in [0.4, 0.5) is 0 Å². The summed E-state index contributed by atoms with van der Waals surface area (Å²) in [6, 6.07) is 0. The molecule has 0 fully saturated rings. The highest BCUT2D eigenvalue weighted by Gasteiger charge is 1.80. The topological polar surface area (TPSA) is 14.1 Å². The van der Waals surface area contributed by atoms with E-state index in [1.165, 1.54) is 12.8 Å². The van der Waals surface area contributed by atoms with Gasteiger partial charge in [0.25, 0.3) is 0 Å². The molecule has 0 spiro atoms. The van der Waals surface area contributed by atoms with Crippen LogP contribution in [-0.2, 0) is 0 Å². The Hall–Kier alpha value is -0.300. The van der Waals surface area contributed by atoms with Crippen LogP contribution in [0.15, 0.2) is 12.7 Å². The predicted molar refractivity (Wildman–Crippen MR) is 37.0 cm³/mol. The molecule has 0 N–H and O–H groups in total. The summed E-state index contributed by atoms with van der Waals surface area (Å²) < 4.78 is 0. The molecule has 1 heteroatoms. The van der Waals surface area contributed by atoms with Crippen LogP contribution >= 0.6 is 0 Å². The van der Waals surface area contributed by atoms with Crippen LogP contribution in [-0.4, -0.2) is 13.1 Å². The molecular formula is C7H14N. The maximum atomic E-state index is 4.16. The van der Waals surface area contributed by atoms with E-state index in [0.29, 0.717) is 0 Å². The van der Waals surface area contributed by atoms with Gasteiger partial charge < -0.3 is 0 Å². The molecule has 8 heavy (non-hydrogen) atoms. The predicted octanol–water partition coefficient (Wildman–Crippen LogP) is 1.58. The van der Waals surface area contributed by atoms with Gasteiger partial charge in [-0.1, -0.05) is 19.4 Å². The van der Waals surface area contributed by atoms with E-state index in [0.717, 1.165) is 13.1 Å². The Kier molecular flexibility index (Phi) is 6.45. The summed E-state index contributed by atoms with van der Waals surface area (Å²) in [4.78, 5) is 0. The van der Waals surface area contributed by atoms with E-state index >= 15 is 0 Å². The minimum atomic E-state index is 0.819. The Bertz CT molecular complexity index is 50.3. The van der Waals surface area contributed by atoms with Crippen LogP contribution < -0.4 is 5.32 Å². The molecule has 47 valence electrons. The van der Waals surface area contributed by atoms with Gasteiger partial charge in [0.05, 0.1) is 0 Å². The zero-order valence-electron chi connectivity index (χ0n) is 5.56. The van der Waals surface area contributed by atoms with Gasteiger partial charge in [-0.2, -0.15) is 0 Å². The first-order chi connectivity index (χ1) is 3.91. The van der Waals surface area contributed by atoms with Crippen LogP contribution in [0, 0.1) is 0 Å². The lowest BCUT2D eigenvalue weighted by Gasteiger charge is -1.93. The molecule has 0 atom stereocenters. The van der Waals surface area contributed by atoms with E-state index in [9.17, 15) is 0 Å². The average Bonchev–Trinajstić information content (AvgIpc) is 1.81. The zero-order valence-corrected chi connectivity index (χ0v) is 5.56. The fourth-order valence-electron chi connectivity index (χ4n) is 0.452. The molecule has 0 aliphatic carbocycles. The van der Waals surface area contributed by atoms with Crippen LogP contribution in [0.3, 0.4) is 0 Å². The Balaban J connectivity index is 2.62. The first kappa shape index (κ1) is 7.70. The SMILES string of the molecule is C=CC[N]CCCC. The molecule has 0 aromatic carbocycles. The lowest BCUT2D eigenvalue weighted by atomic mass is 10.3. The molecule has 0 heterocycles. The van der Waals surface area contributed by atoms with Gasteiger partial charge in [-0.15, -0.1) is 6.58 Å². The van der Waals surface area contributed by atoms with Crippen molar-refractivity contribution in [3.8, 4) is 0 Å². The van der Waals surface area contributed by atoms with Gasteiger partial charge in [0.15, 0.2) is 0 Å². The monoisotopic (exact) mass is 112 g/mol. The summed E-state index contributed by atoms with van der Waals surface area (Å²) in [7, 11) is 0. The number of rotatable bonds is 5. The third-order valence-corrected chi connectivity index (χ3v) is 0.928. The Morgan fingerprint density at radius 2 is 2.38 bits per heavy atom. The summed E-state index contributed by atoms with van der Waals surface area (Å²) in [5.41, 5.74) is 0. The maximum absolute atomic E-state index is 4.16. The van der Waals surface area contributed by atoms with Crippen molar-refractivity contribution >= 4 is 0 Å². The van der Waals surface area contributed by atoms with Gasteiger partial charge in [0.2, 0.25) is 0 Å². The van der Waals surface area contributed by atoms with Gasteiger partial charge in [-0.05, 0) is 6.42 Å². The summed E-state index contributed by atoms with van der Waals surface area (Å²) in [5, 5.41) is 4.16. The van der Waals surface area contributed by atoms with Gasteiger partial charge >= 0.3 is 0 Å². The summed E-state index contributed by atoms with van der Waals surface area (Å²) >= 11 is 0. The smallest absolute Gasteiger partial charge is 0.0311 e. The molecule has 0 rings (SSSR count). The van der Waals surface area contributed by atoms with Crippen molar-refractivity contribution < 1.29 is 0 Å². The van der Waals surface area contributed by atoms with Crippen molar-refractivity contribution in [1.29, 1.82) is 0 Å². The second-order valence-corrected chi connectivity index (χ2v) is 1.77. The van der Waals surface area contributed by atoms with Crippen molar-refractivity contribution in [2.75, 3.05) is 13.1 Å². The fourth-order valence-corrected chi connectivity index (χ4v) is 0.452. The standard InChI is InChI=1S/C7H14N/c1-3-5-7-8-6-4-2/h4H,2-3,5-7H2,1H3. The Labute approximate surface area is 51.8 Å². The molecule has 0 amide bonds. The van der Waals surface area contributed by atoms with Gasteiger partial charge in [0, 0.05) is 13.1 Å². The van der Waals surface area contributed by atoms with Crippen molar-refractivity contribution in [2.24, 2.45) is 0 Å². The highest BCUT2D eigenvalue weighted by Crippen LogP contribution is 1.82. The third-order valence-electron chi connectivity index (χ3n) is 0.928. The fraction of sp³-hybridized carbons (Fsp3) is 0.714. The lowest BCUT2D eigenvalue weighted by molar-refractivity contribution is 0.670. The molecule has 1 nitrogen and oxygen atoms in total. The molecule has 0 saturated heterocycles. The molecule has 0 bridgehead atoms. The number of hydrogen-bond donors (Lipinski definition) is 0. The van der Waals surface area contributed by atoms with E-state index in [4.69, 9.17) is 0 Å². The van der Waals surface area contributed by atoms with E-state index in [-0.39, 0.29) is 0 Å². The lowest BCUT2D eigenvalue weighted by Crippen LogP contribution is -2.05. The summed E-state index contributed by atoms with van der Waals surface area (Å²) in [6.07, 6.45) is 4.28. The van der Waals surface area contributed by atoms with Gasteiger partial charge in [0.1, 0.15) is 0 Å². The average molecular weight is 112 g/mol. The van der Waals surface area contributed by atoms with Crippen LogP contribution in [0.5, 0.6) is 0 Å².